The van der Waals surface area contributed by atoms with Gasteiger partial charge < -0.3 is 10.2 Å². The number of alkyl halides is 3. The van der Waals surface area contributed by atoms with E-state index in [0.29, 0.717) is 36.9 Å². The average molecular weight is 424 g/mol. The van der Waals surface area contributed by atoms with E-state index in [4.69, 9.17) is 23.8 Å². The Hall–Kier alpha value is -1.81. The standard InChI is InChI=1S/C16H21ClF3N5OS/c1-9(2)22-15(27)24-23-14(26)10-3-5-25(6-4-10)13-12(17)7-11(8-21-13)16(18,19)20/h7-10H,3-6H2,1-2H3,(H,23,26)(H2,22,24,27). The van der Waals surface area contributed by atoms with Gasteiger partial charge in [0.15, 0.2) is 5.11 Å². The van der Waals surface area contributed by atoms with Crippen molar-refractivity contribution in [1.29, 1.82) is 0 Å². The van der Waals surface area contributed by atoms with Crippen LogP contribution in [0.25, 0.3) is 0 Å². The fourth-order valence-corrected chi connectivity index (χ4v) is 3.26. The first-order valence-electron chi connectivity index (χ1n) is 8.42. The van der Waals surface area contributed by atoms with Crippen molar-refractivity contribution in [3.63, 3.8) is 0 Å². The number of nitrogens with zero attached hydrogens (tertiary/aromatic N) is 2. The smallest absolute Gasteiger partial charge is 0.359 e. The third-order valence-electron chi connectivity index (χ3n) is 4.03. The number of piperidine rings is 1. The molecule has 0 aromatic carbocycles. The highest BCUT2D eigenvalue weighted by Crippen LogP contribution is 2.34. The zero-order valence-electron chi connectivity index (χ0n) is 14.9. The van der Waals surface area contributed by atoms with Gasteiger partial charge >= 0.3 is 6.18 Å². The summed E-state index contributed by atoms with van der Waals surface area (Å²) < 4.78 is 38.1. The number of amides is 1. The SMILES string of the molecule is CC(C)NC(=S)NNC(=O)C1CCN(c2ncc(C(F)(F)F)cc2Cl)CC1. The summed E-state index contributed by atoms with van der Waals surface area (Å²) in [5, 5.41) is 3.22. The number of halogens is 4. The lowest BCUT2D eigenvalue weighted by Crippen LogP contribution is -2.51. The van der Waals surface area contributed by atoms with Gasteiger partial charge in [0, 0.05) is 31.2 Å². The van der Waals surface area contributed by atoms with E-state index in [1.165, 1.54) is 0 Å². The zero-order valence-corrected chi connectivity index (χ0v) is 16.4. The van der Waals surface area contributed by atoms with E-state index >= 15 is 0 Å². The molecule has 1 aromatic rings. The molecule has 0 radical (unpaired) electrons. The number of anilines is 1. The number of rotatable bonds is 3. The van der Waals surface area contributed by atoms with Crippen LogP contribution in [0.5, 0.6) is 0 Å². The lowest BCUT2D eigenvalue weighted by atomic mass is 9.96. The van der Waals surface area contributed by atoms with Crippen molar-refractivity contribution in [2.75, 3.05) is 18.0 Å². The van der Waals surface area contributed by atoms with Gasteiger partial charge in [-0.15, -0.1) is 0 Å². The van der Waals surface area contributed by atoms with Crippen LogP contribution >= 0.6 is 23.8 Å². The molecule has 1 amide bonds. The molecule has 1 fully saturated rings. The van der Waals surface area contributed by atoms with Gasteiger partial charge in [0.25, 0.3) is 0 Å². The first-order chi connectivity index (χ1) is 12.6. The van der Waals surface area contributed by atoms with Crippen molar-refractivity contribution >= 4 is 40.7 Å². The Morgan fingerprint density at radius 3 is 2.48 bits per heavy atom. The highest BCUT2D eigenvalue weighted by molar-refractivity contribution is 7.80. The lowest BCUT2D eigenvalue weighted by molar-refractivity contribution is -0.137. The number of hydrogen-bond acceptors (Lipinski definition) is 4. The maximum atomic E-state index is 12.7. The van der Waals surface area contributed by atoms with Crippen LogP contribution in [0, 0.1) is 5.92 Å². The van der Waals surface area contributed by atoms with E-state index in [0.717, 1.165) is 12.3 Å². The van der Waals surface area contributed by atoms with E-state index in [-0.39, 0.29) is 22.9 Å². The molecule has 0 atom stereocenters. The van der Waals surface area contributed by atoms with Crippen molar-refractivity contribution in [3.8, 4) is 0 Å². The van der Waals surface area contributed by atoms with Gasteiger partial charge in [-0.2, -0.15) is 13.2 Å². The molecule has 3 N–H and O–H groups in total. The second-order valence-corrected chi connectivity index (χ2v) is 7.35. The lowest BCUT2D eigenvalue weighted by Gasteiger charge is -2.32. The third kappa shape index (κ3) is 6.10. The second-order valence-electron chi connectivity index (χ2n) is 6.53. The molecule has 1 saturated heterocycles. The van der Waals surface area contributed by atoms with Crippen molar-refractivity contribution in [3.05, 3.63) is 22.8 Å². The molecule has 2 rings (SSSR count). The molecule has 0 spiro atoms. The van der Waals surface area contributed by atoms with Crippen molar-refractivity contribution in [1.82, 2.24) is 21.2 Å². The minimum absolute atomic E-state index is 0.0560. The van der Waals surface area contributed by atoms with E-state index in [1.54, 1.807) is 4.90 Å². The summed E-state index contributed by atoms with van der Waals surface area (Å²) >= 11 is 11.0. The number of hydrogen-bond donors (Lipinski definition) is 3. The summed E-state index contributed by atoms with van der Waals surface area (Å²) in [6.07, 6.45) is -2.67. The summed E-state index contributed by atoms with van der Waals surface area (Å²) in [7, 11) is 0. The van der Waals surface area contributed by atoms with E-state index < -0.39 is 11.7 Å². The highest BCUT2D eigenvalue weighted by Gasteiger charge is 2.33. The van der Waals surface area contributed by atoms with Crippen molar-refractivity contribution in [2.45, 2.75) is 38.9 Å². The van der Waals surface area contributed by atoms with Crippen LogP contribution in [-0.2, 0) is 11.0 Å². The molecule has 27 heavy (non-hydrogen) atoms. The zero-order chi connectivity index (χ0) is 20.2. The normalized spacial score (nSPS) is 15.6. The van der Waals surface area contributed by atoms with Gasteiger partial charge in [0.05, 0.1) is 10.6 Å². The monoisotopic (exact) mass is 423 g/mol. The van der Waals surface area contributed by atoms with Crippen molar-refractivity contribution in [2.24, 2.45) is 5.92 Å². The number of carbonyl (C=O) groups excluding carboxylic acids is 1. The largest absolute Gasteiger partial charge is 0.417 e. The maximum absolute atomic E-state index is 12.7. The first kappa shape index (κ1) is 21.5. The molecule has 11 heteroatoms. The molecule has 0 bridgehead atoms. The van der Waals surface area contributed by atoms with Gasteiger partial charge in [-0.3, -0.25) is 15.6 Å². The Labute approximate surface area is 165 Å². The maximum Gasteiger partial charge on any atom is 0.417 e. The number of hydrazine groups is 1. The first-order valence-corrected chi connectivity index (χ1v) is 9.20. The Morgan fingerprint density at radius 2 is 1.96 bits per heavy atom. The van der Waals surface area contributed by atoms with E-state index in [1.807, 2.05) is 13.8 Å². The van der Waals surface area contributed by atoms with Crippen molar-refractivity contribution < 1.29 is 18.0 Å². The van der Waals surface area contributed by atoms with Gasteiger partial charge in [-0.25, -0.2) is 4.98 Å². The van der Waals surface area contributed by atoms with Gasteiger partial charge in [-0.1, -0.05) is 11.6 Å². The number of aromatic nitrogens is 1. The topological polar surface area (TPSA) is 69.3 Å². The molecular weight excluding hydrogens is 403 g/mol. The fourth-order valence-electron chi connectivity index (χ4n) is 2.69. The highest BCUT2D eigenvalue weighted by atomic mass is 35.5. The molecule has 1 aromatic heterocycles. The summed E-state index contributed by atoms with van der Waals surface area (Å²) in [5.41, 5.74) is 4.33. The number of carbonyl (C=O) groups is 1. The average Bonchev–Trinajstić information content (AvgIpc) is 2.58. The van der Waals surface area contributed by atoms with Crippen LogP contribution in [-0.4, -0.2) is 35.1 Å². The molecule has 0 aliphatic carbocycles. The summed E-state index contributed by atoms with van der Waals surface area (Å²) in [4.78, 5) is 17.9. The van der Waals surface area contributed by atoms with Crippen LogP contribution in [0.15, 0.2) is 12.3 Å². The number of thiocarbonyl (C=S) groups is 1. The molecule has 0 saturated carbocycles. The predicted molar refractivity (Wildman–Crippen MR) is 101 cm³/mol. The van der Waals surface area contributed by atoms with Crippen LogP contribution in [0.4, 0.5) is 19.0 Å². The Balaban J connectivity index is 1.88. The minimum atomic E-state index is -4.49. The third-order valence-corrected chi connectivity index (χ3v) is 4.53. The van der Waals surface area contributed by atoms with E-state index in [2.05, 4.69) is 21.2 Å². The molecule has 1 aliphatic rings. The minimum Gasteiger partial charge on any atom is -0.359 e. The summed E-state index contributed by atoms with van der Waals surface area (Å²) in [6.45, 7) is 4.77. The molecule has 1 aliphatic heterocycles. The second kappa shape index (κ2) is 8.92. The molecule has 150 valence electrons. The summed E-state index contributed by atoms with van der Waals surface area (Å²) in [5.74, 6) is -0.123. The van der Waals surface area contributed by atoms with Crippen LogP contribution in [0.1, 0.15) is 32.3 Å². The van der Waals surface area contributed by atoms with Gasteiger partial charge in [0.2, 0.25) is 5.91 Å². The number of pyridine rings is 1. The quantitative estimate of drug-likeness (QED) is 0.513. The Kier molecular flexibility index (Phi) is 7.10. The van der Waals surface area contributed by atoms with Crippen LogP contribution in [0.2, 0.25) is 5.02 Å². The number of nitrogens with one attached hydrogen (secondary N) is 3. The Morgan fingerprint density at radius 1 is 1.33 bits per heavy atom. The predicted octanol–water partition coefficient (Wildman–Crippen LogP) is 2.87. The van der Waals surface area contributed by atoms with Gasteiger partial charge in [-0.05, 0) is 45.0 Å². The molecular formula is C16H21ClF3N5OS. The van der Waals surface area contributed by atoms with Crippen LogP contribution in [0.3, 0.4) is 0 Å². The van der Waals surface area contributed by atoms with Gasteiger partial charge in [0.1, 0.15) is 5.82 Å². The molecule has 2 heterocycles. The molecule has 0 unspecified atom stereocenters. The van der Waals surface area contributed by atoms with Crippen LogP contribution < -0.4 is 21.1 Å². The Bertz CT molecular complexity index is 693. The van der Waals surface area contributed by atoms with E-state index in [9.17, 15) is 18.0 Å². The summed E-state index contributed by atoms with van der Waals surface area (Å²) in [6, 6.07) is 1.01. The fraction of sp³-hybridized carbons (Fsp3) is 0.562. The molecule has 6 nitrogen and oxygen atoms in total.